The van der Waals surface area contributed by atoms with Gasteiger partial charge in [-0.1, -0.05) is 29.8 Å². The zero-order valence-corrected chi connectivity index (χ0v) is 14.5. The number of ether oxygens (including phenoxy) is 1. The minimum Gasteiger partial charge on any atom is -0.497 e. The molecule has 0 unspecified atom stereocenters. The van der Waals surface area contributed by atoms with Crippen LogP contribution in [-0.2, 0) is 9.84 Å². The molecule has 0 saturated heterocycles. The van der Waals surface area contributed by atoms with Gasteiger partial charge in [0.1, 0.15) is 5.75 Å². The molecule has 2 aromatic carbocycles. The Morgan fingerprint density at radius 2 is 1.71 bits per heavy atom. The van der Waals surface area contributed by atoms with E-state index in [1.807, 2.05) is 6.92 Å². The fraction of sp³-hybridized carbons (Fsp3) is 0.333. The Hall–Kier alpha value is -1.89. The second-order valence-corrected chi connectivity index (χ2v) is 8.37. The summed E-state index contributed by atoms with van der Waals surface area (Å²) in [5.41, 5.74) is 6.83. The van der Waals surface area contributed by atoms with E-state index >= 15 is 0 Å². The summed E-state index contributed by atoms with van der Waals surface area (Å²) >= 11 is 0. The highest BCUT2D eigenvalue weighted by atomic mass is 32.2. The van der Waals surface area contributed by atoms with Crippen molar-refractivity contribution in [3.05, 3.63) is 59.7 Å². The predicted molar refractivity (Wildman–Crippen MR) is 91.9 cm³/mol. The van der Waals surface area contributed by atoms with Crippen LogP contribution in [0.5, 0.6) is 5.75 Å². The van der Waals surface area contributed by atoms with E-state index in [0.717, 1.165) is 11.1 Å². The lowest BCUT2D eigenvalue weighted by Crippen LogP contribution is -2.35. The quantitative estimate of drug-likeness (QED) is 0.858. The Labute approximate surface area is 142 Å². The van der Waals surface area contributed by atoms with Gasteiger partial charge in [0.25, 0.3) is 0 Å². The van der Waals surface area contributed by atoms with E-state index < -0.39 is 26.5 Å². The van der Waals surface area contributed by atoms with Crippen LogP contribution in [0, 0.1) is 6.92 Å². The van der Waals surface area contributed by atoms with Gasteiger partial charge in [-0.05, 0) is 36.8 Å². The van der Waals surface area contributed by atoms with Crippen molar-refractivity contribution in [3.63, 3.8) is 0 Å². The van der Waals surface area contributed by atoms with Crippen molar-refractivity contribution in [1.29, 1.82) is 0 Å². The molecule has 0 aliphatic heterocycles. The Bertz CT molecular complexity index is 830. The summed E-state index contributed by atoms with van der Waals surface area (Å²) in [5, 5.41) is 8.87. The number of aryl methyl sites for hydroxylation is 1. The van der Waals surface area contributed by atoms with Crippen LogP contribution in [0.2, 0.25) is 0 Å². The van der Waals surface area contributed by atoms with E-state index in [1.165, 1.54) is 0 Å². The standard InChI is InChI=1S/C18H21NO4S/c1-12-3-9-15(10-4-12)24(21,22)17-16(18(17,19)11-20)13-5-7-14(23-2)8-6-13/h3-10,16-17,20H,11,19H2,1-2H3/t16-,17-,18+/m0/s1. The Morgan fingerprint density at radius 3 is 2.21 bits per heavy atom. The molecule has 1 fully saturated rings. The maximum Gasteiger partial charge on any atom is 0.183 e. The average molecular weight is 347 g/mol. The first-order valence-electron chi connectivity index (χ1n) is 7.69. The first kappa shape index (κ1) is 17.0. The molecule has 0 bridgehead atoms. The van der Waals surface area contributed by atoms with Gasteiger partial charge in [0, 0.05) is 5.92 Å². The number of benzene rings is 2. The molecule has 5 nitrogen and oxygen atoms in total. The van der Waals surface area contributed by atoms with Crippen molar-refractivity contribution >= 4 is 9.84 Å². The molecule has 3 atom stereocenters. The number of methoxy groups -OCH3 is 1. The second kappa shape index (κ2) is 5.88. The van der Waals surface area contributed by atoms with Crippen LogP contribution in [0.4, 0.5) is 0 Å². The summed E-state index contributed by atoms with van der Waals surface area (Å²) in [4.78, 5) is 0.234. The largest absolute Gasteiger partial charge is 0.497 e. The Kier molecular flexibility index (Phi) is 4.15. The van der Waals surface area contributed by atoms with Crippen LogP contribution in [-0.4, -0.2) is 38.0 Å². The van der Waals surface area contributed by atoms with Crippen molar-refractivity contribution in [2.75, 3.05) is 13.7 Å². The van der Waals surface area contributed by atoms with Crippen molar-refractivity contribution in [1.82, 2.24) is 0 Å². The van der Waals surface area contributed by atoms with Crippen molar-refractivity contribution < 1.29 is 18.3 Å². The molecular formula is C18H21NO4S. The van der Waals surface area contributed by atoms with Crippen LogP contribution >= 0.6 is 0 Å². The second-order valence-electron chi connectivity index (χ2n) is 6.30. The van der Waals surface area contributed by atoms with Gasteiger partial charge in [-0.15, -0.1) is 0 Å². The van der Waals surface area contributed by atoms with Gasteiger partial charge in [0.15, 0.2) is 9.84 Å². The lowest BCUT2D eigenvalue weighted by molar-refractivity contribution is 0.253. The van der Waals surface area contributed by atoms with E-state index in [4.69, 9.17) is 10.5 Å². The molecule has 0 aromatic heterocycles. The number of nitrogens with two attached hydrogens (primary N) is 1. The van der Waals surface area contributed by atoms with Gasteiger partial charge in [-0.3, -0.25) is 0 Å². The number of aliphatic hydroxyl groups excluding tert-OH is 1. The summed E-state index contributed by atoms with van der Waals surface area (Å²) in [6, 6.07) is 13.8. The highest BCUT2D eigenvalue weighted by Gasteiger charge is 2.69. The number of hydrogen-bond donors (Lipinski definition) is 2. The number of hydrogen-bond acceptors (Lipinski definition) is 5. The number of aliphatic hydroxyl groups is 1. The molecule has 0 amide bonds. The molecule has 1 aliphatic rings. The highest BCUT2D eigenvalue weighted by molar-refractivity contribution is 7.92. The lowest BCUT2D eigenvalue weighted by atomic mass is 10.1. The van der Waals surface area contributed by atoms with Crippen molar-refractivity contribution in [2.45, 2.75) is 28.5 Å². The topological polar surface area (TPSA) is 89.6 Å². The molecule has 3 rings (SSSR count). The Balaban J connectivity index is 1.98. The molecule has 1 aliphatic carbocycles. The third-order valence-electron chi connectivity index (χ3n) is 4.73. The van der Waals surface area contributed by atoms with E-state index in [2.05, 4.69) is 0 Å². The maximum absolute atomic E-state index is 13.0. The SMILES string of the molecule is COc1ccc([C@H]2[C@H](S(=O)(=O)c3ccc(C)cc3)[C@@]2(N)CO)cc1. The van der Waals surface area contributed by atoms with E-state index in [9.17, 15) is 13.5 Å². The minimum absolute atomic E-state index is 0.234. The molecule has 2 aromatic rings. The predicted octanol–water partition coefficient (Wildman–Crippen LogP) is 1.63. The zero-order valence-electron chi connectivity index (χ0n) is 13.6. The van der Waals surface area contributed by atoms with Crippen LogP contribution in [0.3, 0.4) is 0 Å². The Morgan fingerprint density at radius 1 is 1.12 bits per heavy atom. The first-order valence-corrected chi connectivity index (χ1v) is 9.23. The third-order valence-corrected chi connectivity index (χ3v) is 7.04. The van der Waals surface area contributed by atoms with Crippen molar-refractivity contribution in [2.24, 2.45) is 5.73 Å². The number of rotatable bonds is 5. The number of sulfone groups is 1. The normalized spacial score (nSPS) is 26.2. The molecule has 24 heavy (non-hydrogen) atoms. The fourth-order valence-corrected chi connectivity index (χ4v) is 5.55. The summed E-state index contributed by atoms with van der Waals surface area (Å²) in [5.74, 6) is 0.240. The lowest BCUT2D eigenvalue weighted by Gasteiger charge is -2.08. The maximum atomic E-state index is 13.0. The summed E-state index contributed by atoms with van der Waals surface area (Å²) in [6.07, 6.45) is 0. The fourth-order valence-electron chi connectivity index (χ4n) is 3.25. The third kappa shape index (κ3) is 2.60. The monoisotopic (exact) mass is 347 g/mol. The van der Waals surface area contributed by atoms with Gasteiger partial charge in [-0.2, -0.15) is 0 Å². The zero-order chi connectivity index (χ0) is 17.5. The first-order chi connectivity index (χ1) is 11.3. The molecule has 6 heteroatoms. The molecule has 0 heterocycles. The molecule has 128 valence electrons. The highest BCUT2D eigenvalue weighted by Crippen LogP contribution is 2.55. The molecule has 1 saturated carbocycles. The summed E-state index contributed by atoms with van der Waals surface area (Å²) in [6.45, 7) is 1.51. The van der Waals surface area contributed by atoms with Gasteiger partial charge in [0.2, 0.25) is 0 Å². The van der Waals surface area contributed by atoms with E-state index in [-0.39, 0.29) is 11.5 Å². The minimum atomic E-state index is -3.63. The van der Waals surface area contributed by atoms with Gasteiger partial charge in [-0.25, -0.2) is 8.42 Å². The van der Waals surface area contributed by atoms with Crippen LogP contribution in [0.1, 0.15) is 17.0 Å². The average Bonchev–Trinajstić information content (AvgIpc) is 3.23. The van der Waals surface area contributed by atoms with E-state index in [1.54, 1.807) is 55.6 Å². The molecular weight excluding hydrogens is 326 g/mol. The molecule has 0 spiro atoms. The smallest absolute Gasteiger partial charge is 0.183 e. The summed E-state index contributed by atoms with van der Waals surface area (Å²) < 4.78 is 31.1. The molecule has 0 radical (unpaired) electrons. The summed E-state index contributed by atoms with van der Waals surface area (Å²) in [7, 11) is -2.06. The van der Waals surface area contributed by atoms with Crippen LogP contribution in [0.25, 0.3) is 0 Å². The van der Waals surface area contributed by atoms with Crippen molar-refractivity contribution in [3.8, 4) is 5.75 Å². The van der Waals surface area contributed by atoms with E-state index in [0.29, 0.717) is 5.75 Å². The van der Waals surface area contributed by atoms with Gasteiger partial charge in [0.05, 0.1) is 29.4 Å². The van der Waals surface area contributed by atoms with Gasteiger partial charge < -0.3 is 15.6 Å². The molecule has 3 N–H and O–H groups in total. The van der Waals surface area contributed by atoms with Crippen LogP contribution in [0.15, 0.2) is 53.4 Å². The van der Waals surface area contributed by atoms with Crippen LogP contribution < -0.4 is 10.5 Å². The van der Waals surface area contributed by atoms with Gasteiger partial charge >= 0.3 is 0 Å².